The fraction of sp³-hybridized carbons (Fsp3) is 0.375. The number of aromatic nitrogens is 2. The zero-order chi connectivity index (χ0) is 15.7. The van der Waals surface area contributed by atoms with Crippen molar-refractivity contribution in [2.45, 2.75) is 13.0 Å². The summed E-state index contributed by atoms with van der Waals surface area (Å²) in [6, 6.07) is 9.32. The van der Waals surface area contributed by atoms with Gasteiger partial charge in [-0.05, 0) is 39.2 Å². The lowest BCUT2D eigenvalue weighted by molar-refractivity contribution is 0.368. The van der Waals surface area contributed by atoms with Gasteiger partial charge in [0.25, 0.3) is 11.4 Å². The first-order valence-corrected chi connectivity index (χ1v) is 7.34. The molecular formula is C16H20N4O2. The number of ether oxygens (including phenoxy) is 1. The van der Waals surface area contributed by atoms with Crippen LogP contribution in [0.4, 0.5) is 11.4 Å². The van der Waals surface area contributed by atoms with Gasteiger partial charge in [-0.2, -0.15) is 0 Å². The second kappa shape index (κ2) is 5.81. The summed E-state index contributed by atoms with van der Waals surface area (Å²) in [5.74, 6) is 1.23. The Labute approximate surface area is 129 Å². The van der Waals surface area contributed by atoms with Crippen molar-refractivity contribution in [3.8, 4) is 11.6 Å². The summed E-state index contributed by atoms with van der Waals surface area (Å²) in [5.41, 5.74) is 1.53. The van der Waals surface area contributed by atoms with Crippen LogP contribution in [0.5, 0.6) is 11.6 Å². The molecule has 0 spiro atoms. The summed E-state index contributed by atoms with van der Waals surface area (Å²) >= 11 is 0. The first-order valence-electron chi connectivity index (χ1n) is 7.34. The number of hydrogen-bond donors (Lipinski definition) is 0. The van der Waals surface area contributed by atoms with E-state index in [1.807, 2.05) is 50.3 Å². The van der Waals surface area contributed by atoms with Crippen molar-refractivity contribution in [1.82, 2.24) is 14.7 Å². The molecule has 0 saturated carbocycles. The lowest BCUT2D eigenvalue weighted by Crippen LogP contribution is -2.28. The van der Waals surface area contributed by atoms with Gasteiger partial charge in [0.2, 0.25) is 0 Å². The molecule has 0 amide bonds. The Morgan fingerprint density at radius 1 is 1.23 bits per heavy atom. The van der Waals surface area contributed by atoms with Gasteiger partial charge in [0.05, 0.1) is 5.69 Å². The number of hydrogen-bond acceptors (Lipinski definition) is 5. The van der Waals surface area contributed by atoms with Crippen LogP contribution in [-0.2, 0) is 6.54 Å². The van der Waals surface area contributed by atoms with Crippen molar-refractivity contribution in [3.63, 3.8) is 0 Å². The van der Waals surface area contributed by atoms with Gasteiger partial charge in [-0.1, -0.05) is 12.1 Å². The van der Waals surface area contributed by atoms with Crippen molar-refractivity contribution in [2.24, 2.45) is 0 Å². The minimum atomic E-state index is -0.104. The molecule has 6 heteroatoms. The molecule has 0 radical (unpaired) electrons. The van der Waals surface area contributed by atoms with E-state index in [0.29, 0.717) is 18.1 Å². The average molecular weight is 300 g/mol. The maximum Gasteiger partial charge on any atom is 0.269 e. The smallest absolute Gasteiger partial charge is 0.269 e. The molecule has 22 heavy (non-hydrogen) atoms. The normalized spacial score (nSPS) is 12.8. The lowest BCUT2D eigenvalue weighted by atomic mass is 10.2. The predicted octanol–water partition coefficient (Wildman–Crippen LogP) is 2.07. The standard InChI is InChI=1S/C16H20N4O2/c1-18(2)9-6-10-20-15(21)11-13-16(17-20)22-14-8-5-4-7-12(14)19(13)3/h4-5,7-8,11H,6,9-10H2,1-3H3. The quantitative estimate of drug-likeness (QED) is 0.865. The van der Waals surface area contributed by atoms with E-state index in [1.54, 1.807) is 6.07 Å². The highest BCUT2D eigenvalue weighted by molar-refractivity contribution is 5.75. The molecule has 1 aliphatic rings. The zero-order valence-electron chi connectivity index (χ0n) is 13.1. The number of aryl methyl sites for hydroxylation is 1. The van der Waals surface area contributed by atoms with E-state index in [-0.39, 0.29) is 5.56 Å². The van der Waals surface area contributed by atoms with E-state index in [4.69, 9.17) is 4.74 Å². The first-order chi connectivity index (χ1) is 10.6. The van der Waals surface area contributed by atoms with Crippen molar-refractivity contribution in [3.05, 3.63) is 40.7 Å². The monoisotopic (exact) mass is 300 g/mol. The van der Waals surface area contributed by atoms with E-state index in [0.717, 1.165) is 24.4 Å². The molecule has 1 aromatic carbocycles. The molecule has 116 valence electrons. The number of anilines is 2. The average Bonchev–Trinajstić information content (AvgIpc) is 2.49. The third kappa shape index (κ3) is 2.69. The SMILES string of the molecule is CN(C)CCCn1nc2c(cc1=O)N(C)c1ccccc1O2. The molecule has 0 saturated heterocycles. The molecule has 0 bridgehead atoms. The van der Waals surface area contributed by atoms with Crippen molar-refractivity contribution < 1.29 is 4.74 Å². The summed E-state index contributed by atoms with van der Waals surface area (Å²) < 4.78 is 7.32. The van der Waals surface area contributed by atoms with Gasteiger partial charge in [-0.15, -0.1) is 5.10 Å². The van der Waals surface area contributed by atoms with E-state index in [1.165, 1.54) is 4.68 Å². The fourth-order valence-electron chi connectivity index (χ4n) is 2.53. The molecule has 2 heterocycles. The molecule has 0 N–H and O–H groups in total. The van der Waals surface area contributed by atoms with Crippen LogP contribution in [0.2, 0.25) is 0 Å². The Hall–Kier alpha value is -2.34. The van der Waals surface area contributed by atoms with Crippen LogP contribution in [0.25, 0.3) is 0 Å². The molecule has 0 fully saturated rings. The Kier molecular flexibility index (Phi) is 3.85. The van der Waals surface area contributed by atoms with Gasteiger partial charge in [0, 0.05) is 19.7 Å². The number of para-hydroxylation sites is 2. The Morgan fingerprint density at radius 2 is 2.00 bits per heavy atom. The molecule has 0 atom stereocenters. The van der Waals surface area contributed by atoms with Gasteiger partial charge in [-0.25, -0.2) is 4.68 Å². The Balaban J connectivity index is 1.90. The highest BCUT2D eigenvalue weighted by Crippen LogP contribution is 2.43. The molecular weight excluding hydrogens is 280 g/mol. The van der Waals surface area contributed by atoms with Crippen molar-refractivity contribution in [2.75, 3.05) is 32.6 Å². The minimum Gasteiger partial charge on any atom is -0.434 e. The van der Waals surface area contributed by atoms with Crippen LogP contribution in [0.15, 0.2) is 35.1 Å². The van der Waals surface area contributed by atoms with Crippen molar-refractivity contribution in [1.29, 1.82) is 0 Å². The van der Waals surface area contributed by atoms with Crippen LogP contribution in [0.1, 0.15) is 6.42 Å². The van der Waals surface area contributed by atoms with Crippen LogP contribution < -0.4 is 15.2 Å². The summed E-state index contributed by atoms with van der Waals surface area (Å²) in [6.07, 6.45) is 0.866. The summed E-state index contributed by atoms with van der Waals surface area (Å²) in [5, 5.41) is 4.38. The van der Waals surface area contributed by atoms with Gasteiger partial charge < -0.3 is 14.5 Å². The van der Waals surface area contributed by atoms with E-state index >= 15 is 0 Å². The summed E-state index contributed by atoms with van der Waals surface area (Å²) in [7, 11) is 5.94. The largest absolute Gasteiger partial charge is 0.434 e. The number of fused-ring (bicyclic) bond motifs is 2. The van der Waals surface area contributed by atoms with Crippen LogP contribution in [0.3, 0.4) is 0 Å². The predicted molar refractivity (Wildman–Crippen MR) is 86.2 cm³/mol. The Morgan fingerprint density at radius 3 is 2.77 bits per heavy atom. The molecule has 2 aromatic rings. The maximum atomic E-state index is 12.2. The topological polar surface area (TPSA) is 50.6 Å². The van der Waals surface area contributed by atoms with E-state index < -0.39 is 0 Å². The first kappa shape index (κ1) is 14.6. The zero-order valence-corrected chi connectivity index (χ0v) is 13.1. The van der Waals surface area contributed by atoms with Crippen LogP contribution in [0, 0.1) is 0 Å². The molecule has 3 rings (SSSR count). The molecule has 0 aliphatic carbocycles. The van der Waals surface area contributed by atoms with Crippen LogP contribution in [-0.4, -0.2) is 42.4 Å². The minimum absolute atomic E-state index is 0.104. The van der Waals surface area contributed by atoms with Gasteiger partial charge in [0.1, 0.15) is 5.69 Å². The van der Waals surface area contributed by atoms with Gasteiger partial charge >= 0.3 is 0 Å². The Bertz CT molecular complexity index is 739. The maximum absolute atomic E-state index is 12.2. The second-order valence-corrected chi connectivity index (χ2v) is 5.68. The highest BCUT2D eigenvalue weighted by Gasteiger charge is 2.23. The molecule has 1 aliphatic heterocycles. The van der Waals surface area contributed by atoms with E-state index in [9.17, 15) is 4.79 Å². The molecule has 1 aromatic heterocycles. The molecule has 6 nitrogen and oxygen atoms in total. The fourth-order valence-corrected chi connectivity index (χ4v) is 2.53. The summed E-state index contributed by atoms with van der Waals surface area (Å²) in [4.78, 5) is 16.3. The summed E-state index contributed by atoms with van der Waals surface area (Å²) in [6.45, 7) is 1.49. The third-order valence-electron chi connectivity index (χ3n) is 3.72. The number of benzene rings is 1. The van der Waals surface area contributed by atoms with E-state index in [2.05, 4.69) is 10.00 Å². The molecule has 0 unspecified atom stereocenters. The van der Waals surface area contributed by atoms with Gasteiger partial charge in [0.15, 0.2) is 5.75 Å². The number of rotatable bonds is 4. The second-order valence-electron chi connectivity index (χ2n) is 5.68. The van der Waals surface area contributed by atoms with Crippen molar-refractivity contribution >= 4 is 11.4 Å². The van der Waals surface area contributed by atoms with Gasteiger partial charge in [-0.3, -0.25) is 4.79 Å². The number of nitrogens with zero attached hydrogens (tertiary/aromatic N) is 4. The van der Waals surface area contributed by atoms with Crippen LogP contribution >= 0.6 is 0 Å². The highest BCUT2D eigenvalue weighted by atomic mass is 16.5. The third-order valence-corrected chi connectivity index (χ3v) is 3.72. The lowest BCUT2D eigenvalue weighted by Gasteiger charge is -2.28.